The highest BCUT2D eigenvalue weighted by molar-refractivity contribution is 4.93. The van der Waals surface area contributed by atoms with E-state index in [-0.39, 0.29) is 0 Å². The molecule has 0 amide bonds. The molecule has 9 heteroatoms. The lowest BCUT2D eigenvalue weighted by molar-refractivity contribution is -0.411. The van der Waals surface area contributed by atoms with Crippen LogP contribution in [0.5, 0.6) is 0 Å². The first kappa shape index (κ1) is 14.4. The Labute approximate surface area is 79.0 Å². The van der Waals surface area contributed by atoms with Crippen molar-refractivity contribution in [2.75, 3.05) is 6.61 Å². The second-order valence-corrected chi connectivity index (χ2v) is 2.45. The minimum atomic E-state index is -6.27. The zero-order valence-corrected chi connectivity index (χ0v) is 7.22. The third-order valence-electron chi connectivity index (χ3n) is 1.38. The van der Waals surface area contributed by atoms with E-state index in [4.69, 9.17) is 0 Å². The van der Waals surface area contributed by atoms with Crippen LogP contribution in [0, 0.1) is 0 Å². The van der Waals surface area contributed by atoms with Gasteiger partial charge in [0.25, 0.3) is 0 Å². The van der Waals surface area contributed by atoms with Crippen molar-refractivity contribution >= 4 is 0 Å². The molecule has 0 saturated heterocycles. The highest BCUT2D eigenvalue weighted by atomic mass is 19.4. The van der Waals surface area contributed by atoms with Gasteiger partial charge >= 0.3 is 24.4 Å². The smallest absolute Gasteiger partial charge is 0.316 e. The van der Waals surface area contributed by atoms with Crippen molar-refractivity contribution in [1.29, 1.82) is 0 Å². The van der Waals surface area contributed by atoms with Crippen LogP contribution in [0.4, 0.5) is 35.1 Å². The Hall–Kier alpha value is -0.600. The van der Waals surface area contributed by atoms with Crippen LogP contribution in [0.1, 0.15) is 6.92 Å². The Morgan fingerprint density at radius 3 is 1.67 bits per heavy atom. The highest BCUT2D eigenvalue weighted by Gasteiger charge is 2.76. The molecule has 0 bridgehead atoms. The van der Waals surface area contributed by atoms with Gasteiger partial charge in [0.2, 0.25) is 0 Å². The fourth-order valence-electron chi connectivity index (χ4n) is 0.603. The normalized spacial score (nSPS) is 14.8. The maximum atomic E-state index is 12.3. The predicted molar refractivity (Wildman–Crippen MR) is 32.5 cm³/mol. The van der Waals surface area contributed by atoms with E-state index in [1.807, 2.05) is 0 Å². The van der Waals surface area contributed by atoms with Crippen molar-refractivity contribution in [2.24, 2.45) is 0 Å². The first-order valence-electron chi connectivity index (χ1n) is 3.56. The van der Waals surface area contributed by atoms with Crippen LogP contribution in [0.2, 0.25) is 0 Å². The molecule has 0 rings (SSSR count). The third-order valence-corrected chi connectivity index (χ3v) is 1.38. The molecule has 0 fully saturated rings. The van der Waals surface area contributed by atoms with Gasteiger partial charge in [-0.05, 0) is 6.92 Å². The topological polar surface area (TPSA) is 9.23 Å². The quantitative estimate of drug-likeness (QED) is 0.677. The molecule has 0 atom stereocenters. The molecule has 0 aliphatic rings. The van der Waals surface area contributed by atoms with E-state index in [1.54, 1.807) is 0 Å². The van der Waals surface area contributed by atoms with Crippen LogP contribution >= 0.6 is 0 Å². The second-order valence-electron chi connectivity index (χ2n) is 2.45. The molecule has 1 nitrogen and oxygen atoms in total. The van der Waals surface area contributed by atoms with Crippen LogP contribution in [-0.2, 0) is 4.74 Å². The Balaban J connectivity index is 5.11. The van der Waals surface area contributed by atoms with E-state index >= 15 is 0 Å². The van der Waals surface area contributed by atoms with E-state index < -0.39 is 31.0 Å². The van der Waals surface area contributed by atoms with Gasteiger partial charge in [-0.3, -0.25) is 0 Å². The van der Waals surface area contributed by atoms with Gasteiger partial charge in [-0.1, -0.05) is 0 Å². The van der Waals surface area contributed by atoms with Crippen molar-refractivity contribution in [1.82, 2.24) is 0 Å². The van der Waals surface area contributed by atoms with E-state index in [0.717, 1.165) is 6.92 Å². The van der Waals surface area contributed by atoms with Gasteiger partial charge in [0.1, 0.15) is 0 Å². The first-order valence-corrected chi connectivity index (χ1v) is 3.56. The average molecular weight is 246 g/mol. The monoisotopic (exact) mass is 246 g/mol. The van der Waals surface area contributed by atoms with Crippen LogP contribution < -0.4 is 0 Å². The molecule has 0 aromatic carbocycles. The van der Waals surface area contributed by atoms with Crippen LogP contribution in [0.25, 0.3) is 0 Å². The molecule has 0 heterocycles. The maximum absolute atomic E-state index is 12.3. The molecule has 0 N–H and O–H groups in total. The number of hydrogen-bond acceptors (Lipinski definition) is 1. The van der Waals surface area contributed by atoms with Crippen molar-refractivity contribution in [3.63, 3.8) is 0 Å². The Morgan fingerprint density at radius 1 is 1.00 bits per heavy atom. The lowest BCUT2D eigenvalue weighted by Crippen LogP contribution is -2.58. The Morgan fingerprint density at radius 2 is 1.40 bits per heavy atom. The predicted octanol–water partition coefficient (Wildman–Crippen LogP) is 3.15. The summed E-state index contributed by atoms with van der Waals surface area (Å²) in [5, 5.41) is 0. The largest absolute Gasteiger partial charge is 0.426 e. The van der Waals surface area contributed by atoms with Crippen molar-refractivity contribution in [2.45, 2.75) is 31.3 Å². The number of halogens is 8. The van der Waals surface area contributed by atoms with Crippen LogP contribution in [0.3, 0.4) is 0 Å². The summed E-state index contributed by atoms with van der Waals surface area (Å²) in [6, 6.07) is 0. The minimum Gasteiger partial charge on any atom is -0.316 e. The highest BCUT2D eigenvalue weighted by Crippen LogP contribution is 2.48. The summed E-state index contributed by atoms with van der Waals surface area (Å²) >= 11 is 0. The lowest BCUT2D eigenvalue weighted by atomic mass is 10.1. The average Bonchev–Trinajstić information content (AvgIpc) is 2.02. The SMILES string of the molecule is CCOC(F)(F)C(F)(F)C(F)(F)C(F)F. The molecule has 0 aromatic rings. The van der Waals surface area contributed by atoms with Crippen molar-refractivity contribution in [3.8, 4) is 0 Å². The van der Waals surface area contributed by atoms with E-state index in [1.165, 1.54) is 0 Å². The van der Waals surface area contributed by atoms with Gasteiger partial charge < -0.3 is 4.74 Å². The Bertz CT molecular complexity index is 213. The third kappa shape index (κ3) is 2.32. The molecule has 0 aliphatic heterocycles. The Kier molecular flexibility index (Phi) is 3.94. The van der Waals surface area contributed by atoms with Gasteiger partial charge in [0, 0.05) is 0 Å². The summed E-state index contributed by atoms with van der Waals surface area (Å²) in [6.45, 7) is -0.202. The van der Waals surface area contributed by atoms with Crippen LogP contribution in [0.15, 0.2) is 0 Å². The van der Waals surface area contributed by atoms with Gasteiger partial charge in [-0.25, -0.2) is 8.78 Å². The first-order chi connectivity index (χ1) is 6.50. The van der Waals surface area contributed by atoms with Crippen molar-refractivity contribution < 1.29 is 39.9 Å². The lowest BCUT2D eigenvalue weighted by Gasteiger charge is -2.31. The summed E-state index contributed by atoms with van der Waals surface area (Å²) in [4.78, 5) is 0. The van der Waals surface area contributed by atoms with E-state index in [2.05, 4.69) is 4.74 Å². The number of hydrogen-bond donors (Lipinski definition) is 0. The summed E-state index contributed by atoms with van der Waals surface area (Å²) in [6.07, 6.45) is -10.6. The molecule has 92 valence electrons. The second kappa shape index (κ2) is 4.11. The summed E-state index contributed by atoms with van der Waals surface area (Å²) in [5.41, 5.74) is 0. The van der Waals surface area contributed by atoms with Crippen molar-refractivity contribution in [3.05, 3.63) is 0 Å². The summed E-state index contributed by atoms with van der Waals surface area (Å²) in [5.74, 6) is -12.4. The number of ether oxygens (including phenoxy) is 1. The van der Waals surface area contributed by atoms with E-state index in [0.29, 0.717) is 0 Å². The summed E-state index contributed by atoms with van der Waals surface area (Å²) in [7, 11) is 0. The van der Waals surface area contributed by atoms with Gasteiger partial charge in [-0.15, -0.1) is 0 Å². The van der Waals surface area contributed by atoms with Gasteiger partial charge in [0.15, 0.2) is 0 Å². The standard InChI is InChI=1S/C6H6F8O/c1-2-15-6(13,14)5(11,12)4(9,10)3(7)8/h3H,2H2,1H3. The van der Waals surface area contributed by atoms with Crippen LogP contribution in [-0.4, -0.2) is 31.0 Å². The summed E-state index contributed by atoms with van der Waals surface area (Å²) < 4.78 is 99.3. The molecular formula is C6H6F8O. The number of alkyl halides is 8. The zero-order chi connectivity index (χ0) is 12.5. The molecule has 0 aliphatic carbocycles. The van der Waals surface area contributed by atoms with Gasteiger partial charge in [0.05, 0.1) is 6.61 Å². The molecule has 0 saturated carbocycles. The fourth-order valence-corrected chi connectivity index (χ4v) is 0.603. The molecule has 0 unspecified atom stereocenters. The van der Waals surface area contributed by atoms with E-state index in [9.17, 15) is 35.1 Å². The molecule has 0 spiro atoms. The fraction of sp³-hybridized carbons (Fsp3) is 1.00. The number of rotatable bonds is 5. The molecule has 0 aromatic heterocycles. The molecule has 0 radical (unpaired) electrons. The molecular weight excluding hydrogens is 240 g/mol. The maximum Gasteiger partial charge on any atom is 0.426 e. The molecule has 15 heavy (non-hydrogen) atoms. The minimum absolute atomic E-state index is 0.824. The zero-order valence-electron chi connectivity index (χ0n) is 7.22. The van der Waals surface area contributed by atoms with Gasteiger partial charge in [-0.2, -0.15) is 26.3 Å².